The van der Waals surface area contributed by atoms with Crippen LogP contribution in [0.4, 0.5) is 0 Å². The summed E-state index contributed by atoms with van der Waals surface area (Å²) >= 11 is 0. The van der Waals surface area contributed by atoms with Crippen molar-refractivity contribution in [1.82, 2.24) is 25.6 Å². The van der Waals surface area contributed by atoms with Crippen LogP contribution in [0.25, 0.3) is 0 Å². The van der Waals surface area contributed by atoms with Crippen LogP contribution in [-0.4, -0.2) is 40.0 Å². The molecule has 2 aliphatic heterocycles. The van der Waals surface area contributed by atoms with Crippen LogP contribution in [0.1, 0.15) is 24.2 Å². The van der Waals surface area contributed by atoms with Gasteiger partial charge in [0.25, 0.3) is 0 Å². The second kappa shape index (κ2) is 5.58. The fraction of sp³-hybridized carbons (Fsp3) is 0.667. The van der Waals surface area contributed by atoms with E-state index in [2.05, 4.69) is 20.9 Å². The van der Waals surface area contributed by atoms with Crippen LogP contribution < -0.4 is 10.6 Å². The minimum Gasteiger partial charge on any atom is -0.381 e. The number of ether oxygens (including phenoxy) is 1. The standard InChI is InChI=1S/C12H17N5O3/c18-11-7-17-10(6-13-11)9(15-16-17)5-14-12(19)8-1-3-20-4-2-8/h8H,1-7H2,(H,13,18)(H,14,19). The smallest absolute Gasteiger partial charge is 0.242 e. The van der Waals surface area contributed by atoms with E-state index in [1.165, 1.54) is 0 Å². The number of fused-ring (bicyclic) bond motifs is 1. The van der Waals surface area contributed by atoms with Gasteiger partial charge in [0.05, 0.1) is 18.8 Å². The van der Waals surface area contributed by atoms with Gasteiger partial charge >= 0.3 is 0 Å². The number of rotatable bonds is 3. The Hall–Kier alpha value is -1.96. The molecule has 0 atom stereocenters. The molecule has 0 aliphatic carbocycles. The van der Waals surface area contributed by atoms with Gasteiger partial charge in [-0.05, 0) is 12.8 Å². The molecular formula is C12H17N5O3. The predicted octanol–water partition coefficient (Wildman–Crippen LogP) is -1.05. The zero-order chi connectivity index (χ0) is 13.9. The molecule has 1 fully saturated rings. The van der Waals surface area contributed by atoms with E-state index in [0.29, 0.717) is 32.0 Å². The van der Waals surface area contributed by atoms with Gasteiger partial charge in [0, 0.05) is 19.1 Å². The van der Waals surface area contributed by atoms with E-state index in [0.717, 1.165) is 18.5 Å². The Morgan fingerprint density at radius 2 is 2.25 bits per heavy atom. The average molecular weight is 279 g/mol. The SMILES string of the molecule is O=C1Cn2nnc(CNC(=O)C3CCOCC3)c2CN1. The number of hydrogen-bond acceptors (Lipinski definition) is 5. The van der Waals surface area contributed by atoms with E-state index in [4.69, 9.17) is 4.74 Å². The fourth-order valence-corrected chi connectivity index (χ4v) is 2.48. The largest absolute Gasteiger partial charge is 0.381 e. The quantitative estimate of drug-likeness (QED) is 0.736. The van der Waals surface area contributed by atoms with Crippen LogP contribution in [0, 0.1) is 5.92 Å². The first kappa shape index (κ1) is 13.0. The summed E-state index contributed by atoms with van der Waals surface area (Å²) in [5.74, 6) is -0.00932. The molecule has 1 aromatic rings. The number of nitrogens with one attached hydrogen (secondary N) is 2. The third kappa shape index (κ3) is 2.64. The highest BCUT2D eigenvalue weighted by molar-refractivity contribution is 5.78. The van der Waals surface area contributed by atoms with Gasteiger partial charge in [0.2, 0.25) is 11.8 Å². The first-order chi connectivity index (χ1) is 9.74. The molecule has 0 spiro atoms. The van der Waals surface area contributed by atoms with Gasteiger partial charge in [-0.2, -0.15) is 0 Å². The van der Waals surface area contributed by atoms with Crippen molar-refractivity contribution < 1.29 is 14.3 Å². The molecule has 3 rings (SSSR count). The van der Waals surface area contributed by atoms with Crippen LogP contribution in [0.15, 0.2) is 0 Å². The molecule has 0 aromatic carbocycles. The Bertz CT molecular complexity index is 521. The maximum Gasteiger partial charge on any atom is 0.242 e. The lowest BCUT2D eigenvalue weighted by Crippen LogP contribution is -2.36. The fourth-order valence-electron chi connectivity index (χ4n) is 2.48. The topological polar surface area (TPSA) is 98.1 Å². The number of amides is 2. The summed E-state index contributed by atoms with van der Waals surface area (Å²) in [4.78, 5) is 23.2. The number of nitrogens with zero attached hydrogens (tertiary/aromatic N) is 3. The molecule has 8 nitrogen and oxygen atoms in total. The Kier molecular flexibility index (Phi) is 3.64. The predicted molar refractivity (Wildman–Crippen MR) is 67.3 cm³/mol. The lowest BCUT2D eigenvalue weighted by Gasteiger charge is -2.21. The Morgan fingerprint density at radius 1 is 1.45 bits per heavy atom. The second-order valence-corrected chi connectivity index (χ2v) is 5.02. The van der Waals surface area contributed by atoms with Crippen LogP contribution in [0.5, 0.6) is 0 Å². The summed E-state index contributed by atoms with van der Waals surface area (Å²) in [6, 6.07) is 0. The molecule has 0 saturated carbocycles. The molecule has 20 heavy (non-hydrogen) atoms. The molecule has 2 amide bonds. The summed E-state index contributed by atoms with van der Waals surface area (Å²) in [6.07, 6.45) is 1.53. The van der Waals surface area contributed by atoms with E-state index >= 15 is 0 Å². The van der Waals surface area contributed by atoms with E-state index in [1.807, 2.05) is 0 Å². The van der Waals surface area contributed by atoms with Crippen molar-refractivity contribution in [2.75, 3.05) is 13.2 Å². The molecule has 0 radical (unpaired) electrons. The molecule has 8 heteroatoms. The van der Waals surface area contributed by atoms with Gasteiger partial charge in [0.15, 0.2) is 0 Å². The van der Waals surface area contributed by atoms with E-state index in [9.17, 15) is 9.59 Å². The van der Waals surface area contributed by atoms with Crippen LogP contribution in [0.3, 0.4) is 0 Å². The maximum absolute atomic E-state index is 12.0. The summed E-state index contributed by atoms with van der Waals surface area (Å²) in [7, 11) is 0. The van der Waals surface area contributed by atoms with Crippen molar-refractivity contribution in [2.24, 2.45) is 5.92 Å². The van der Waals surface area contributed by atoms with Crippen molar-refractivity contribution in [2.45, 2.75) is 32.5 Å². The molecule has 1 aromatic heterocycles. The van der Waals surface area contributed by atoms with E-state index < -0.39 is 0 Å². The number of hydrogen-bond donors (Lipinski definition) is 2. The van der Waals surface area contributed by atoms with Crippen LogP contribution in [0.2, 0.25) is 0 Å². The lowest BCUT2D eigenvalue weighted by atomic mass is 9.99. The van der Waals surface area contributed by atoms with Crippen molar-refractivity contribution in [3.05, 3.63) is 11.4 Å². The highest BCUT2D eigenvalue weighted by atomic mass is 16.5. The normalized spacial score (nSPS) is 19.3. The summed E-state index contributed by atoms with van der Waals surface area (Å²) < 4.78 is 6.82. The lowest BCUT2D eigenvalue weighted by molar-refractivity contribution is -0.128. The van der Waals surface area contributed by atoms with Gasteiger partial charge in [-0.25, -0.2) is 4.68 Å². The van der Waals surface area contributed by atoms with Gasteiger partial charge < -0.3 is 15.4 Å². The first-order valence-corrected chi connectivity index (χ1v) is 6.77. The van der Waals surface area contributed by atoms with Crippen LogP contribution >= 0.6 is 0 Å². The number of aromatic nitrogens is 3. The third-order valence-corrected chi connectivity index (χ3v) is 3.69. The number of carbonyl (C=O) groups is 2. The molecule has 3 heterocycles. The van der Waals surface area contributed by atoms with Crippen LogP contribution in [-0.2, 0) is 34.0 Å². The zero-order valence-corrected chi connectivity index (χ0v) is 11.1. The van der Waals surface area contributed by atoms with Gasteiger partial charge in [-0.1, -0.05) is 5.21 Å². The van der Waals surface area contributed by atoms with E-state index in [-0.39, 0.29) is 24.3 Å². The highest BCUT2D eigenvalue weighted by Crippen LogP contribution is 2.15. The minimum atomic E-state index is -0.0693. The number of carbonyl (C=O) groups excluding carboxylic acids is 2. The highest BCUT2D eigenvalue weighted by Gasteiger charge is 2.23. The average Bonchev–Trinajstić information content (AvgIpc) is 2.88. The van der Waals surface area contributed by atoms with E-state index in [1.54, 1.807) is 4.68 Å². The zero-order valence-electron chi connectivity index (χ0n) is 11.1. The molecule has 2 aliphatic rings. The molecule has 108 valence electrons. The minimum absolute atomic E-state index is 0.0230. The summed E-state index contributed by atoms with van der Waals surface area (Å²) in [5.41, 5.74) is 1.57. The van der Waals surface area contributed by atoms with Gasteiger partial charge in [-0.3, -0.25) is 9.59 Å². The van der Waals surface area contributed by atoms with Crippen molar-refractivity contribution in [3.63, 3.8) is 0 Å². The Morgan fingerprint density at radius 3 is 3.05 bits per heavy atom. The third-order valence-electron chi connectivity index (χ3n) is 3.69. The van der Waals surface area contributed by atoms with Gasteiger partial charge in [0.1, 0.15) is 12.2 Å². The summed E-state index contributed by atoms with van der Waals surface area (Å²) in [5, 5.41) is 13.6. The van der Waals surface area contributed by atoms with Crippen molar-refractivity contribution in [1.29, 1.82) is 0 Å². The van der Waals surface area contributed by atoms with Crippen molar-refractivity contribution in [3.8, 4) is 0 Å². The molecule has 1 saturated heterocycles. The molecule has 0 unspecified atom stereocenters. The monoisotopic (exact) mass is 279 g/mol. The first-order valence-electron chi connectivity index (χ1n) is 6.77. The second-order valence-electron chi connectivity index (χ2n) is 5.02. The van der Waals surface area contributed by atoms with Crippen molar-refractivity contribution >= 4 is 11.8 Å². The Balaban J connectivity index is 1.58. The maximum atomic E-state index is 12.0. The molecule has 0 bridgehead atoms. The molecular weight excluding hydrogens is 262 g/mol. The summed E-state index contributed by atoms with van der Waals surface area (Å²) in [6.45, 7) is 2.24. The molecule has 2 N–H and O–H groups in total. The van der Waals surface area contributed by atoms with Gasteiger partial charge in [-0.15, -0.1) is 5.10 Å². The Labute approximate surface area is 115 Å².